The van der Waals surface area contributed by atoms with Crippen LogP contribution in [0.3, 0.4) is 0 Å². The smallest absolute Gasteiger partial charge is 0.0680 e. The molecular formula is C9H6BrN. The molecule has 1 aromatic carbocycles. The Morgan fingerprint density at radius 1 is 1.36 bits per heavy atom. The minimum atomic E-state index is 0.913. The summed E-state index contributed by atoms with van der Waals surface area (Å²) in [5, 5.41) is 6.71. The van der Waals surface area contributed by atoms with Gasteiger partial charge >= 0.3 is 0 Å². The van der Waals surface area contributed by atoms with Crippen molar-refractivity contribution < 1.29 is 0 Å². The average molecular weight is 208 g/mol. The molecule has 0 spiro atoms. The number of halogens is 1. The summed E-state index contributed by atoms with van der Waals surface area (Å²) in [5.74, 6) is 5.39. The molecule has 0 aliphatic carbocycles. The highest BCUT2D eigenvalue weighted by molar-refractivity contribution is 9.10. The summed E-state index contributed by atoms with van der Waals surface area (Å²) < 4.78 is 0.967. The molecular weight excluding hydrogens is 202 g/mol. The molecule has 0 saturated carbocycles. The van der Waals surface area contributed by atoms with Gasteiger partial charge in [-0.15, -0.1) is 0 Å². The Balaban J connectivity index is 3.03. The average Bonchev–Trinajstić information content (AvgIpc) is 2.03. The van der Waals surface area contributed by atoms with Crippen LogP contribution in [0.15, 0.2) is 28.7 Å². The summed E-state index contributed by atoms with van der Waals surface area (Å²) in [5.41, 5.74) is 0.913. The zero-order chi connectivity index (χ0) is 8.10. The van der Waals surface area contributed by atoms with Crippen LogP contribution in [-0.2, 0) is 0 Å². The summed E-state index contributed by atoms with van der Waals surface area (Å²) in [7, 11) is 0. The second-order valence-electron chi connectivity index (χ2n) is 1.89. The zero-order valence-corrected chi connectivity index (χ0v) is 7.35. The van der Waals surface area contributed by atoms with Crippen molar-refractivity contribution in [3.05, 3.63) is 34.3 Å². The van der Waals surface area contributed by atoms with Gasteiger partial charge in [0.2, 0.25) is 0 Å². The van der Waals surface area contributed by atoms with Gasteiger partial charge in [0.1, 0.15) is 0 Å². The molecule has 1 nitrogen and oxygen atoms in total. The maximum absolute atomic E-state index is 6.71. The van der Waals surface area contributed by atoms with Gasteiger partial charge in [-0.3, -0.25) is 5.41 Å². The molecule has 0 aliphatic rings. The van der Waals surface area contributed by atoms with E-state index in [9.17, 15) is 0 Å². The number of benzene rings is 1. The molecule has 1 rings (SSSR count). The molecule has 0 radical (unpaired) electrons. The zero-order valence-electron chi connectivity index (χ0n) is 5.76. The molecule has 0 unspecified atom stereocenters. The summed E-state index contributed by atoms with van der Waals surface area (Å²) in [6, 6.07) is 7.67. The lowest BCUT2D eigenvalue weighted by Crippen LogP contribution is -1.74. The molecule has 2 heteroatoms. The first-order valence-electron chi connectivity index (χ1n) is 3.09. The van der Waals surface area contributed by atoms with Gasteiger partial charge in [-0.1, -0.05) is 24.0 Å². The largest absolute Gasteiger partial charge is 0.300 e. The normalized spacial score (nSPS) is 8.09. The van der Waals surface area contributed by atoms with Crippen LogP contribution < -0.4 is 0 Å². The van der Waals surface area contributed by atoms with Gasteiger partial charge in [-0.05, 0) is 28.1 Å². The Morgan fingerprint density at radius 3 is 2.73 bits per heavy atom. The quantitative estimate of drug-likeness (QED) is 0.500. The van der Waals surface area contributed by atoms with Gasteiger partial charge in [0, 0.05) is 10.0 Å². The Labute approximate surface area is 74.1 Å². The summed E-state index contributed by atoms with van der Waals surface area (Å²) in [6.45, 7) is 0. The van der Waals surface area contributed by atoms with Crippen LogP contribution in [0.4, 0.5) is 0 Å². The first kappa shape index (κ1) is 8.03. The van der Waals surface area contributed by atoms with E-state index in [-0.39, 0.29) is 0 Å². The predicted octanol–water partition coefficient (Wildman–Crippen LogP) is 2.45. The Kier molecular flexibility index (Phi) is 2.88. The number of nitrogens with one attached hydrogen (secondary N) is 1. The molecule has 0 amide bonds. The molecule has 0 aromatic heterocycles. The van der Waals surface area contributed by atoms with Crippen LogP contribution >= 0.6 is 15.9 Å². The molecule has 0 heterocycles. The Morgan fingerprint density at radius 2 is 2.09 bits per heavy atom. The molecule has 0 fully saturated rings. The van der Waals surface area contributed by atoms with Crippen LogP contribution in [0.25, 0.3) is 0 Å². The van der Waals surface area contributed by atoms with E-state index in [0.29, 0.717) is 0 Å². The van der Waals surface area contributed by atoms with Crippen molar-refractivity contribution in [2.24, 2.45) is 0 Å². The lowest BCUT2D eigenvalue weighted by molar-refractivity contribution is 1.58. The molecule has 1 N–H and O–H groups in total. The molecule has 54 valence electrons. The van der Waals surface area contributed by atoms with Gasteiger partial charge in [0.15, 0.2) is 0 Å². The van der Waals surface area contributed by atoms with Gasteiger partial charge in [0.05, 0.1) is 6.21 Å². The predicted molar refractivity (Wildman–Crippen MR) is 49.8 cm³/mol. The fourth-order valence-electron chi connectivity index (χ4n) is 0.676. The number of rotatable bonds is 0. The van der Waals surface area contributed by atoms with Crippen LogP contribution in [-0.4, -0.2) is 6.21 Å². The second-order valence-corrected chi connectivity index (χ2v) is 2.75. The highest BCUT2D eigenvalue weighted by atomic mass is 79.9. The van der Waals surface area contributed by atoms with E-state index in [1.165, 1.54) is 0 Å². The minimum absolute atomic E-state index is 0.913. The van der Waals surface area contributed by atoms with E-state index in [2.05, 4.69) is 27.8 Å². The summed E-state index contributed by atoms with van der Waals surface area (Å²) >= 11 is 3.35. The molecule has 11 heavy (non-hydrogen) atoms. The first-order valence-corrected chi connectivity index (χ1v) is 3.89. The maximum Gasteiger partial charge on any atom is 0.0680 e. The van der Waals surface area contributed by atoms with Crippen molar-refractivity contribution in [1.82, 2.24) is 0 Å². The topological polar surface area (TPSA) is 23.9 Å². The third-order valence-corrected chi connectivity index (χ3v) is 1.84. The molecule has 1 aromatic rings. The van der Waals surface area contributed by atoms with Crippen LogP contribution in [0.5, 0.6) is 0 Å². The highest BCUT2D eigenvalue weighted by Gasteiger charge is 1.90. The van der Waals surface area contributed by atoms with Gasteiger partial charge in [-0.25, -0.2) is 0 Å². The Hall–Kier alpha value is -1.07. The SMILES string of the molecule is N=CC#Cc1ccccc1Br. The van der Waals surface area contributed by atoms with Gasteiger partial charge in [-0.2, -0.15) is 0 Å². The first-order chi connectivity index (χ1) is 5.34. The standard InChI is InChI=1S/C9H6BrN/c10-9-6-2-1-4-8(9)5-3-7-11/h1-2,4,6-7,11H. The van der Waals surface area contributed by atoms with Gasteiger partial charge < -0.3 is 0 Å². The lowest BCUT2D eigenvalue weighted by atomic mass is 10.2. The van der Waals surface area contributed by atoms with Crippen molar-refractivity contribution in [3.63, 3.8) is 0 Å². The molecule has 0 saturated heterocycles. The van der Waals surface area contributed by atoms with Gasteiger partial charge in [0.25, 0.3) is 0 Å². The Bertz CT molecular complexity index is 320. The second kappa shape index (κ2) is 3.95. The lowest BCUT2D eigenvalue weighted by Gasteiger charge is -1.91. The molecule has 0 bridgehead atoms. The number of hydrogen-bond acceptors (Lipinski definition) is 1. The van der Waals surface area contributed by atoms with Crippen molar-refractivity contribution in [3.8, 4) is 11.8 Å². The summed E-state index contributed by atoms with van der Waals surface area (Å²) in [6.07, 6.45) is 1.08. The number of hydrogen-bond donors (Lipinski definition) is 1. The van der Waals surface area contributed by atoms with Crippen LogP contribution in [0.2, 0.25) is 0 Å². The van der Waals surface area contributed by atoms with E-state index in [4.69, 9.17) is 5.41 Å². The van der Waals surface area contributed by atoms with E-state index >= 15 is 0 Å². The highest BCUT2D eigenvalue weighted by Crippen LogP contribution is 2.13. The fourth-order valence-corrected chi connectivity index (χ4v) is 1.06. The van der Waals surface area contributed by atoms with Crippen molar-refractivity contribution in [2.75, 3.05) is 0 Å². The van der Waals surface area contributed by atoms with Crippen molar-refractivity contribution in [2.45, 2.75) is 0 Å². The minimum Gasteiger partial charge on any atom is -0.300 e. The third-order valence-electron chi connectivity index (χ3n) is 1.15. The van der Waals surface area contributed by atoms with Crippen LogP contribution in [0.1, 0.15) is 5.56 Å². The summed E-state index contributed by atoms with van der Waals surface area (Å²) in [4.78, 5) is 0. The molecule has 0 atom stereocenters. The van der Waals surface area contributed by atoms with E-state index < -0.39 is 0 Å². The monoisotopic (exact) mass is 207 g/mol. The van der Waals surface area contributed by atoms with Crippen LogP contribution in [0, 0.1) is 17.3 Å². The third kappa shape index (κ3) is 2.21. The maximum atomic E-state index is 6.71. The van der Waals surface area contributed by atoms with E-state index in [0.717, 1.165) is 16.3 Å². The fraction of sp³-hybridized carbons (Fsp3) is 0. The van der Waals surface area contributed by atoms with Crippen molar-refractivity contribution in [1.29, 1.82) is 5.41 Å². The van der Waals surface area contributed by atoms with E-state index in [1.807, 2.05) is 24.3 Å². The van der Waals surface area contributed by atoms with Crippen molar-refractivity contribution >= 4 is 22.1 Å². The van der Waals surface area contributed by atoms with E-state index in [1.54, 1.807) is 0 Å². The molecule has 0 aliphatic heterocycles.